The normalized spacial score (nSPS) is 21.0. The Labute approximate surface area is 133 Å². The van der Waals surface area contributed by atoms with Gasteiger partial charge in [0.25, 0.3) is 0 Å². The van der Waals surface area contributed by atoms with Crippen molar-refractivity contribution in [2.45, 2.75) is 6.10 Å². The quantitative estimate of drug-likeness (QED) is 0.340. The molecule has 1 atom stereocenters. The molecule has 1 fully saturated rings. The van der Waals surface area contributed by atoms with Crippen LogP contribution in [0.4, 0.5) is 0 Å². The van der Waals surface area contributed by atoms with Gasteiger partial charge < -0.3 is 15.6 Å². The number of aliphatic hydroxyl groups is 1. The zero-order valence-electron chi connectivity index (χ0n) is 12.3. The van der Waals surface area contributed by atoms with Gasteiger partial charge in [0, 0.05) is 18.7 Å². The third-order valence-electron chi connectivity index (χ3n) is 4.02. The number of rotatable bonds is 3. The number of aromatic carboxylic acids is 1. The highest BCUT2D eigenvalue weighted by molar-refractivity contribution is 5.89. The van der Waals surface area contributed by atoms with Crippen molar-refractivity contribution in [1.29, 1.82) is 0 Å². The molecule has 0 radical (unpaired) electrons. The van der Waals surface area contributed by atoms with Gasteiger partial charge in [-0.3, -0.25) is 16.7 Å². The first-order valence-corrected chi connectivity index (χ1v) is 7.20. The van der Waals surface area contributed by atoms with Crippen molar-refractivity contribution in [1.82, 2.24) is 16.3 Å². The lowest BCUT2D eigenvalue weighted by atomic mass is 9.89. The SMILES string of the molecule is NNC1=C(c2ccc(C(=O)O)cc2)C=CC(=C2CNNC2)C1O. The summed E-state index contributed by atoms with van der Waals surface area (Å²) < 4.78 is 0. The van der Waals surface area contributed by atoms with Gasteiger partial charge in [0.15, 0.2) is 0 Å². The molecule has 7 nitrogen and oxygen atoms in total. The molecule has 0 aromatic heterocycles. The van der Waals surface area contributed by atoms with Crippen molar-refractivity contribution < 1.29 is 15.0 Å². The molecule has 1 unspecified atom stereocenters. The molecule has 2 aliphatic rings. The van der Waals surface area contributed by atoms with Crippen molar-refractivity contribution in [3.8, 4) is 0 Å². The minimum Gasteiger partial charge on any atom is -0.478 e. The van der Waals surface area contributed by atoms with Crippen LogP contribution in [0.3, 0.4) is 0 Å². The van der Waals surface area contributed by atoms with Gasteiger partial charge in [0.2, 0.25) is 0 Å². The van der Waals surface area contributed by atoms with E-state index < -0.39 is 12.1 Å². The zero-order chi connectivity index (χ0) is 16.4. The van der Waals surface area contributed by atoms with E-state index in [1.165, 1.54) is 12.1 Å². The maximum Gasteiger partial charge on any atom is 0.335 e. The van der Waals surface area contributed by atoms with Gasteiger partial charge in [-0.25, -0.2) is 4.79 Å². The molecule has 7 heteroatoms. The van der Waals surface area contributed by atoms with Crippen LogP contribution in [0.15, 0.2) is 53.3 Å². The standard InChI is InChI=1S/C16H18N4O3/c17-20-14-12(9-1-3-10(4-2-9)16(22)23)5-6-13(15(14)21)11-7-18-19-8-11/h1-6,15,18-21H,7-8,17H2,(H,22,23). The number of aliphatic hydroxyl groups excluding tert-OH is 1. The molecule has 7 N–H and O–H groups in total. The van der Waals surface area contributed by atoms with Gasteiger partial charge in [-0.1, -0.05) is 24.3 Å². The molecule has 0 saturated carbocycles. The van der Waals surface area contributed by atoms with Crippen molar-refractivity contribution in [3.05, 3.63) is 64.4 Å². The Morgan fingerprint density at radius 3 is 2.39 bits per heavy atom. The molecule has 120 valence electrons. The summed E-state index contributed by atoms with van der Waals surface area (Å²) in [6.45, 7) is 1.33. The first kappa shape index (κ1) is 15.4. The fraction of sp³-hybridized carbons (Fsp3) is 0.188. The van der Waals surface area contributed by atoms with Gasteiger partial charge in [-0.2, -0.15) is 0 Å². The second kappa shape index (κ2) is 6.35. The third kappa shape index (κ3) is 2.90. The average Bonchev–Trinajstić information content (AvgIpc) is 3.08. The van der Waals surface area contributed by atoms with E-state index in [1.54, 1.807) is 12.1 Å². The van der Waals surface area contributed by atoms with Crippen LogP contribution < -0.4 is 22.1 Å². The number of nitrogens with one attached hydrogen (secondary N) is 3. The maximum absolute atomic E-state index is 10.9. The van der Waals surface area contributed by atoms with Crippen LogP contribution in [-0.2, 0) is 0 Å². The summed E-state index contributed by atoms with van der Waals surface area (Å²) in [7, 11) is 0. The predicted octanol–water partition coefficient (Wildman–Crippen LogP) is -0.106. The number of carboxylic acids is 1. The van der Waals surface area contributed by atoms with Gasteiger partial charge >= 0.3 is 5.97 Å². The second-order valence-electron chi connectivity index (χ2n) is 5.36. The van der Waals surface area contributed by atoms with E-state index in [0.29, 0.717) is 18.8 Å². The zero-order valence-corrected chi connectivity index (χ0v) is 12.3. The average molecular weight is 314 g/mol. The van der Waals surface area contributed by atoms with Crippen LogP contribution in [-0.4, -0.2) is 35.4 Å². The van der Waals surface area contributed by atoms with Crippen LogP contribution >= 0.6 is 0 Å². The molecule has 1 aromatic carbocycles. The smallest absolute Gasteiger partial charge is 0.335 e. The largest absolute Gasteiger partial charge is 0.478 e. The van der Waals surface area contributed by atoms with E-state index in [-0.39, 0.29) is 5.56 Å². The predicted molar refractivity (Wildman–Crippen MR) is 85.8 cm³/mol. The number of hydrazine groups is 2. The Morgan fingerprint density at radius 1 is 1.17 bits per heavy atom. The Morgan fingerprint density at radius 2 is 1.83 bits per heavy atom. The lowest BCUT2D eigenvalue weighted by Gasteiger charge is -2.24. The number of benzene rings is 1. The van der Waals surface area contributed by atoms with E-state index in [1.807, 2.05) is 12.2 Å². The van der Waals surface area contributed by atoms with Gasteiger partial charge in [-0.15, -0.1) is 0 Å². The number of carbonyl (C=O) groups is 1. The number of hydrogen-bond acceptors (Lipinski definition) is 6. The number of hydrogen-bond donors (Lipinski definition) is 6. The van der Waals surface area contributed by atoms with Gasteiger partial charge in [-0.05, 0) is 28.8 Å². The minimum atomic E-state index is -0.977. The van der Waals surface area contributed by atoms with Crippen molar-refractivity contribution in [3.63, 3.8) is 0 Å². The summed E-state index contributed by atoms with van der Waals surface area (Å²) in [4.78, 5) is 10.9. The van der Waals surface area contributed by atoms with Crippen LogP contribution in [0.5, 0.6) is 0 Å². The molecule has 1 aliphatic carbocycles. The van der Waals surface area contributed by atoms with E-state index in [9.17, 15) is 9.90 Å². The van der Waals surface area contributed by atoms with Crippen LogP contribution in [0.25, 0.3) is 5.57 Å². The van der Waals surface area contributed by atoms with E-state index in [2.05, 4.69) is 16.3 Å². The van der Waals surface area contributed by atoms with Crippen molar-refractivity contribution in [2.24, 2.45) is 5.84 Å². The number of nitrogens with two attached hydrogens (primary N) is 1. The molecule has 23 heavy (non-hydrogen) atoms. The molecule has 1 aromatic rings. The molecule has 0 amide bonds. The first-order valence-electron chi connectivity index (χ1n) is 7.20. The minimum absolute atomic E-state index is 0.211. The molecule has 1 heterocycles. The Bertz CT molecular complexity index is 711. The fourth-order valence-electron chi connectivity index (χ4n) is 2.77. The van der Waals surface area contributed by atoms with Gasteiger partial charge in [0.1, 0.15) is 6.10 Å². The maximum atomic E-state index is 10.9. The highest BCUT2D eigenvalue weighted by Gasteiger charge is 2.25. The van der Waals surface area contributed by atoms with E-state index in [0.717, 1.165) is 22.3 Å². The molecule has 0 bridgehead atoms. The first-order chi connectivity index (χ1) is 11.1. The summed E-state index contributed by atoms with van der Waals surface area (Å²) in [6.07, 6.45) is 2.89. The summed E-state index contributed by atoms with van der Waals surface area (Å²) in [5.41, 5.74) is 12.7. The van der Waals surface area contributed by atoms with Crippen molar-refractivity contribution >= 4 is 11.5 Å². The lowest BCUT2D eigenvalue weighted by molar-refractivity contribution is 0.0697. The van der Waals surface area contributed by atoms with Crippen LogP contribution in [0, 0.1) is 0 Å². The second-order valence-corrected chi connectivity index (χ2v) is 5.36. The Hall–Kier alpha value is -2.45. The highest BCUT2D eigenvalue weighted by Crippen LogP contribution is 2.30. The van der Waals surface area contributed by atoms with Gasteiger partial charge in [0.05, 0.1) is 11.3 Å². The molecule has 1 aliphatic heterocycles. The number of carboxylic acid groups (broad SMARTS) is 1. The summed E-state index contributed by atoms with van der Waals surface area (Å²) in [5.74, 6) is 4.63. The summed E-state index contributed by atoms with van der Waals surface area (Å²) in [5, 5.41) is 19.6. The third-order valence-corrected chi connectivity index (χ3v) is 4.02. The topological polar surface area (TPSA) is 120 Å². The molecule has 1 saturated heterocycles. The van der Waals surface area contributed by atoms with Crippen LogP contribution in [0.2, 0.25) is 0 Å². The molecule has 0 spiro atoms. The molecule has 3 rings (SSSR count). The Kier molecular flexibility index (Phi) is 4.26. The number of allylic oxidation sites excluding steroid dienone is 2. The lowest BCUT2D eigenvalue weighted by Crippen LogP contribution is -2.33. The van der Waals surface area contributed by atoms with Crippen molar-refractivity contribution in [2.75, 3.05) is 13.1 Å². The van der Waals surface area contributed by atoms with E-state index in [4.69, 9.17) is 10.9 Å². The highest BCUT2D eigenvalue weighted by atomic mass is 16.4. The molecular formula is C16H18N4O3. The monoisotopic (exact) mass is 314 g/mol. The molecular weight excluding hydrogens is 296 g/mol. The van der Waals surface area contributed by atoms with E-state index >= 15 is 0 Å². The van der Waals surface area contributed by atoms with Crippen LogP contribution in [0.1, 0.15) is 15.9 Å². The summed E-state index contributed by atoms with van der Waals surface area (Å²) in [6, 6.07) is 6.45. The Balaban J connectivity index is 1.98. The fourth-order valence-corrected chi connectivity index (χ4v) is 2.77. The summed E-state index contributed by atoms with van der Waals surface area (Å²) >= 11 is 0.